The van der Waals surface area contributed by atoms with Crippen LogP contribution < -0.4 is 4.90 Å². The van der Waals surface area contributed by atoms with Gasteiger partial charge in [-0.25, -0.2) is 4.79 Å². The van der Waals surface area contributed by atoms with E-state index in [9.17, 15) is 24.3 Å². The Morgan fingerprint density at radius 2 is 1.42 bits per heavy atom. The molecule has 0 spiro atoms. The van der Waals surface area contributed by atoms with Gasteiger partial charge in [0.25, 0.3) is 0 Å². The predicted octanol–water partition coefficient (Wildman–Crippen LogP) is 5.51. The highest BCUT2D eigenvalue weighted by molar-refractivity contribution is 6.02. The van der Waals surface area contributed by atoms with Crippen molar-refractivity contribution in [1.82, 2.24) is 9.80 Å². The Balaban J connectivity index is 1.38. The third kappa shape index (κ3) is 6.03. The van der Waals surface area contributed by atoms with Crippen molar-refractivity contribution in [1.29, 1.82) is 0 Å². The lowest BCUT2D eigenvalue weighted by atomic mass is 9.91. The smallest absolute Gasteiger partial charge is 0.415 e. The van der Waals surface area contributed by atoms with Crippen LogP contribution in [0.3, 0.4) is 0 Å². The Kier molecular flexibility index (Phi) is 8.12. The fourth-order valence-corrected chi connectivity index (χ4v) is 7.08. The van der Waals surface area contributed by atoms with Crippen molar-refractivity contribution in [3.05, 3.63) is 101 Å². The van der Waals surface area contributed by atoms with Crippen LogP contribution in [-0.4, -0.2) is 62.5 Å². The van der Waals surface area contributed by atoms with Crippen LogP contribution >= 0.6 is 0 Å². The fourth-order valence-electron chi connectivity index (χ4n) is 7.08. The lowest BCUT2D eigenvalue weighted by Gasteiger charge is -2.41. The minimum absolute atomic E-state index is 0.187. The Morgan fingerprint density at radius 1 is 0.778 bits per heavy atom. The first-order valence-electron chi connectivity index (χ1n) is 15.6. The zero-order chi connectivity index (χ0) is 31.9. The van der Waals surface area contributed by atoms with Crippen LogP contribution in [0.5, 0.6) is 0 Å². The summed E-state index contributed by atoms with van der Waals surface area (Å²) in [6.45, 7) is 5.64. The second kappa shape index (κ2) is 12.0. The number of fused-ring (bicyclic) bond motifs is 2. The van der Waals surface area contributed by atoms with Crippen molar-refractivity contribution in [3.8, 4) is 0 Å². The molecule has 3 aliphatic rings. The number of benzene rings is 3. The summed E-state index contributed by atoms with van der Waals surface area (Å²) in [6.07, 6.45) is 0.916. The van der Waals surface area contributed by atoms with Gasteiger partial charge >= 0.3 is 12.1 Å². The van der Waals surface area contributed by atoms with Crippen molar-refractivity contribution in [2.45, 2.75) is 89.2 Å². The van der Waals surface area contributed by atoms with Crippen LogP contribution in [0, 0.1) is 0 Å². The van der Waals surface area contributed by atoms with Crippen molar-refractivity contribution in [2.24, 2.45) is 0 Å². The monoisotopic (exact) mass is 609 g/mol. The molecule has 0 aliphatic carbocycles. The topological polar surface area (TPSA) is 107 Å². The summed E-state index contributed by atoms with van der Waals surface area (Å²) in [4.78, 5) is 59.7. The van der Waals surface area contributed by atoms with E-state index >= 15 is 0 Å². The number of rotatable bonds is 5. The highest BCUT2D eigenvalue weighted by Gasteiger charge is 2.50. The maximum absolute atomic E-state index is 14.8. The van der Waals surface area contributed by atoms with Gasteiger partial charge < -0.3 is 19.6 Å². The molecule has 0 saturated carbocycles. The highest BCUT2D eigenvalue weighted by Crippen LogP contribution is 2.42. The zero-order valence-corrected chi connectivity index (χ0v) is 25.9. The lowest BCUT2D eigenvalue weighted by molar-refractivity contribution is -0.150. The van der Waals surface area contributed by atoms with Gasteiger partial charge in [-0.2, -0.15) is 0 Å². The van der Waals surface area contributed by atoms with Crippen LogP contribution in [0.15, 0.2) is 78.9 Å². The number of aliphatic carboxylic acids is 1. The predicted molar refractivity (Wildman–Crippen MR) is 168 cm³/mol. The number of nitrogens with zero attached hydrogens (tertiary/aromatic N) is 3. The summed E-state index contributed by atoms with van der Waals surface area (Å²) in [6, 6.07) is 22.2. The molecule has 0 bridgehead atoms. The van der Waals surface area contributed by atoms with E-state index in [-0.39, 0.29) is 30.8 Å². The molecule has 0 unspecified atom stereocenters. The molecule has 45 heavy (non-hydrogen) atoms. The zero-order valence-electron chi connectivity index (χ0n) is 25.9. The molecule has 1 N–H and O–H groups in total. The molecule has 3 aromatic rings. The van der Waals surface area contributed by atoms with Gasteiger partial charge in [-0.15, -0.1) is 0 Å². The summed E-state index contributed by atoms with van der Waals surface area (Å²) < 4.78 is 5.77. The van der Waals surface area contributed by atoms with E-state index in [1.165, 1.54) is 4.90 Å². The second-order valence-corrected chi connectivity index (χ2v) is 13.2. The number of hydrogen-bond donors (Lipinski definition) is 1. The first-order chi connectivity index (χ1) is 21.5. The Morgan fingerprint density at radius 3 is 2.11 bits per heavy atom. The molecule has 4 atom stereocenters. The number of carbonyl (C=O) groups excluding carboxylic acids is 3. The van der Waals surface area contributed by atoms with E-state index in [0.29, 0.717) is 31.4 Å². The molecule has 234 valence electrons. The van der Waals surface area contributed by atoms with Crippen LogP contribution in [0.1, 0.15) is 68.3 Å². The molecule has 1 fully saturated rings. The Hall–Kier alpha value is -4.66. The minimum Gasteiger partial charge on any atom is -0.481 e. The molecular formula is C36H39N3O6. The van der Waals surface area contributed by atoms with Gasteiger partial charge in [0, 0.05) is 19.0 Å². The molecule has 3 heterocycles. The largest absolute Gasteiger partial charge is 0.481 e. The number of carboxylic acid groups (broad SMARTS) is 1. The van der Waals surface area contributed by atoms with Gasteiger partial charge in [-0.05, 0) is 68.4 Å². The minimum atomic E-state index is -0.976. The second-order valence-electron chi connectivity index (χ2n) is 13.2. The van der Waals surface area contributed by atoms with E-state index < -0.39 is 35.8 Å². The number of carboxylic acids is 1. The number of para-hydroxylation sites is 1. The summed E-state index contributed by atoms with van der Waals surface area (Å²) in [7, 11) is 0. The van der Waals surface area contributed by atoms with Crippen molar-refractivity contribution >= 4 is 29.6 Å². The molecule has 3 amide bonds. The summed E-state index contributed by atoms with van der Waals surface area (Å²) in [5.74, 6) is -1.56. The molecule has 1 saturated heterocycles. The van der Waals surface area contributed by atoms with Gasteiger partial charge in [0.05, 0.1) is 18.2 Å². The number of carbonyl (C=O) groups is 4. The van der Waals surface area contributed by atoms with Crippen molar-refractivity contribution in [2.75, 3.05) is 4.90 Å². The summed E-state index contributed by atoms with van der Waals surface area (Å²) >= 11 is 0. The molecule has 3 aromatic carbocycles. The third-order valence-electron chi connectivity index (χ3n) is 9.01. The lowest BCUT2D eigenvalue weighted by Crippen LogP contribution is -2.57. The van der Waals surface area contributed by atoms with E-state index in [0.717, 1.165) is 22.3 Å². The van der Waals surface area contributed by atoms with Gasteiger partial charge in [-0.3, -0.25) is 19.3 Å². The number of anilines is 1. The van der Waals surface area contributed by atoms with Crippen LogP contribution in [-0.2, 0) is 38.5 Å². The molecule has 0 radical (unpaired) electrons. The molecular weight excluding hydrogens is 570 g/mol. The van der Waals surface area contributed by atoms with Gasteiger partial charge in [0.1, 0.15) is 17.7 Å². The maximum atomic E-state index is 14.8. The molecule has 0 aromatic heterocycles. The summed E-state index contributed by atoms with van der Waals surface area (Å²) in [5, 5.41) is 9.75. The van der Waals surface area contributed by atoms with Crippen LogP contribution in [0.25, 0.3) is 0 Å². The standard InChI is InChI=1S/C36H39N3O6/c1-36(2,3)45-35(44)39-28-16-10-9-14-25(28)20-31(39)34(43)38-29(23-11-5-4-6-12-23)17-18-30(38)33(42)37-22-26-15-8-7-13-24(26)19-27(37)21-32(40)41/h4-16,27,29-31H,17-22H2,1-3H3,(H,40,41)/t27-,29-,30+,31-/m1/s1. The quantitative estimate of drug-likeness (QED) is 0.409. The van der Waals surface area contributed by atoms with E-state index in [1.807, 2.05) is 78.9 Å². The Bertz CT molecular complexity index is 1620. The van der Waals surface area contributed by atoms with Gasteiger partial charge in [0.15, 0.2) is 0 Å². The first kappa shape index (κ1) is 30.4. The molecule has 9 heteroatoms. The molecule has 9 nitrogen and oxygen atoms in total. The molecule has 6 rings (SSSR count). The Labute approximate surface area is 263 Å². The van der Waals surface area contributed by atoms with E-state index in [1.54, 1.807) is 30.6 Å². The van der Waals surface area contributed by atoms with Crippen molar-refractivity contribution in [3.63, 3.8) is 0 Å². The molecule has 3 aliphatic heterocycles. The van der Waals surface area contributed by atoms with Crippen molar-refractivity contribution < 1.29 is 29.0 Å². The van der Waals surface area contributed by atoms with E-state index in [4.69, 9.17) is 4.74 Å². The average molecular weight is 610 g/mol. The maximum Gasteiger partial charge on any atom is 0.415 e. The number of amides is 3. The number of likely N-dealkylation sites (tertiary alicyclic amines) is 1. The normalized spacial score (nSPS) is 22.5. The van der Waals surface area contributed by atoms with Crippen LogP contribution in [0.2, 0.25) is 0 Å². The third-order valence-corrected chi connectivity index (χ3v) is 9.01. The number of ether oxygens (including phenoxy) is 1. The number of hydrogen-bond acceptors (Lipinski definition) is 5. The first-order valence-corrected chi connectivity index (χ1v) is 15.6. The highest BCUT2D eigenvalue weighted by atomic mass is 16.6. The van der Waals surface area contributed by atoms with Gasteiger partial charge in [0.2, 0.25) is 11.8 Å². The SMILES string of the molecule is CC(C)(C)OC(=O)N1c2ccccc2C[C@@H]1C(=O)N1[C@@H](c2ccccc2)CC[C@H]1C(=O)N1Cc2ccccc2C[C@@H]1CC(=O)O. The summed E-state index contributed by atoms with van der Waals surface area (Å²) in [5.41, 5.74) is 3.62. The van der Waals surface area contributed by atoms with Crippen LogP contribution in [0.4, 0.5) is 10.5 Å². The average Bonchev–Trinajstić information content (AvgIpc) is 3.62. The van der Waals surface area contributed by atoms with E-state index in [2.05, 4.69) is 0 Å². The fraction of sp³-hybridized carbons (Fsp3) is 0.389. The van der Waals surface area contributed by atoms with Gasteiger partial charge in [-0.1, -0.05) is 72.8 Å².